The smallest absolute Gasteiger partial charge is 0.293 e. The number of ether oxygens (including phenoxy) is 2. The van der Waals surface area contributed by atoms with Gasteiger partial charge in [0.25, 0.3) is 17.1 Å². The number of hydrogen-bond donors (Lipinski definition) is 0. The van der Waals surface area contributed by atoms with Crippen LogP contribution in [-0.4, -0.2) is 54.7 Å². The van der Waals surface area contributed by atoms with E-state index in [9.17, 15) is 23.2 Å². The summed E-state index contributed by atoms with van der Waals surface area (Å²) in [5, 5.41) is -0.558. The number of thioether (sulfide) groups is 1. The monoisotopic (exact) mass is 552 g/mol. The van der Waals surface area contributed by atoms with Gasteiger partial charge in [-0.3, -0.25) is 19.3 Å². The van der Waals surface area contributed by atoms with Crippen LogP contribution in [0.25, 0.3) is 6.08 Å². The van der Waals surface area contributed by atoms with E-state index in [4.69, 9.17) is 9.47 Å². The van der Waals surface area contributed by atoms with Crippen molar-refractivity contribution in [3.8, 4) is 11.5 Å². The Morgan fingerprint density at radius 1 is 1.00 bits per heavy atom. The molecule has 4 rings (SSSR count). The minimum atomic E-state index is -0.834. The molecule has 202 valence electrons. The van der Waals surface area contributed by atoms with Gasteiger partial charge < -0.3 is 14.4 Å². The minimum absolute atomic E-state index is 0.0312. The highest BCUT2D eigenvalue weighted by molar-refractivity contribution is 8.18. The second kappa shape index (κ2) is 12.1. The van der Waals surface area contributed by atoms with Gasteiger partial charge in [0, 0.05) is 30.8 Å². The second-order valence-electron chi connectivity index (χ2n) is 8.80. The van der Waals surface area contributed by atoms with Crippen molar-refractivity contribution in [2.45, 2.75) is 13.0 Å². The third-order valence-electron chi connectivity index (χ3n) is 6.18. The van der Waals surface area contributed by atoms with E-state index in [0.717, 1.165) is 28.3 Å². The van der Waals surface area contributed by atoms with Gasteiger partial charge in [0.1, 0.15) is 11.6 Å². The van der Waals surface area contributed by atoms with Gasteiger partial charge >= 0.3 is 0 Å². The number of methoxy groups -OCH3 is 2. The lowest BCUT2D eigenvalue weighted by molar-refractivity contribution is -0.123. The molecule has 1 saturated heterocycles. The number of likely N-dealkylation sites (N-methyl/N-ethyl adjacent to an activating group) is 1. The molecule has 7 nitrogen and oxygen atoms in total. The van der Waals surface area contributed by atoms with Crippen molar-refractivity contribution >= 4 is 34.9 Å². The molecule has 3 amide bonds. The zero-order chi connectivity index (χ0) is 28.1. The first-order valence-corrected chi connectivity index (χ1v) is 12.8. The van der Waals surface area contributed by atoms with Crippen molar-refractivity contribution in [3.63, 3.8) is 0 Å². The summed E-state index contributed by atoms with van der Waals surface area (Å²) in [5.74, 6) is -1.12. The fourth-order valence-corrected chi connectivity index (χ4v) is 4.86. The van der Waals surface area contributed by atoms with Gasteiger partial charge in [-0.1, -0.05) is 24.3 Å². The Labute approximate surface area is 229 Å². The Balaban J connectivity index is 1.43. The molecule has 0 aliphatic carbocycles. The summed E-state index contributed by atoms with van der Waals surface area (Å²) in [6.45, 7) is 0.148. The largest absolute Gasteiger partial charge is 0.493 e. The molecule has 0 unspecified atom stereocenters. The lowest BCUT2D eigenvalue weighted by Crippen LogP contribution is -2.28. The molecule has 0 bridgehead atoms. The van der Waals surface area contributed by atoms with Crippen LogP contribution in [0.2, 0.25) is 0 Å². The van der Waals surface area contributed by atoms with E-state index in [1.54, 1.807) is 50.4 Å². The zero-order valence-electron chi connectivity index (χ0n) is 21.6. The maximum atomic E-state index is 14.0. The molecule has 0 aromatic heterocycles. The highest BCUT2D eigenvalue weighted by Crippen LogP contribution is 2.34. The molecule has 1 fully saturated rings. The molecule has 39 heavy (non-hydrogen) atoms. The van der Waals surface area contributed by atoms with Gasteiger partial charge in [0.05, 0.1) is 25.7 Å². The van der Waals surface area contributed by atoms with Crippen LogP contribution in [0.5, 0.6) is 11.5 Å². The second-order valence-corrected chi connectivity index (χ2v) is 9.79. The van der Waals surface area contributed by atoms with Crippen LogP contribution in [-0.2, 0) is 17.8 Å². The summed E-state index contributed by atoms with van der Waals surface area (Å²) in [6.07, 6.45) is 2.12. The van der Waals surface area contributed by atoms with Crippen LogP contribution in [0.15, 0.2) is 65.6 Å². The summed E-state index contributed by atoms with van der Waals surface area (Å²) in [6, 6.07) is 15.3. The molecule has 1 heterocycles. The normalized spacial score (nSPS) is 14.2. The Bertz CT molecular complexity index is 1460. The highest BCUT2D eigenvalue weighted by atomic mass is 32.2. The van der Waals surface area contributed by atoms with Gasteiger partial charge in [-0.2, -0.15) is 0 Å². The Morgan fingerprint density at radius 3 is 2.49 bits per heavy atom. The van der Waals surface area contributed by atoms with E-state index in [2.05, 4.69) is 0 Å². The van der Waals surface area contributed by atoms with E-state index < -0.39 is 22.8 Å². The molecular weight excluding hydrogens is 526 g/mol. The third kappa shape index (κ3) is 6.46. The summed E-state index contributed by atoms with van der Waals surface area (Å²) < 4.78 is 37.8. The third-order valence-corrected chi connectivity index (χ3v) is 7.09. The number of benzene rings is 3. The summed E-state index contributed by atoms with van der Waals surface area (Å²) in [5.41, 5.74) is 2.00. The van der Waals surface area contributed by atoms with E-state index in [1.165, 1.54) is 12.1 Å². The molecular formula is C29H26F2N2O5S. The fourth-order valence-electron chi connectivity index (χ4n) is 4.02. The molecule has 0 spiro atoms. The molecule has 0 saturated carbocycles. The molecule has 3 aromatic rings. The van der Waals surface area contributed by atoms with E-state index in [0.29, 0.717) is 41.7 Å². The zero-order valence-corrected chi connectivity index (χ0v) is 22.4. The predicted molar refractivity (Wildman–Crippen MR) is 145 cm³/mol. The Kier molecular flexibility index (Phi) is 8.65. The van der Waals surface area contributed by atoms with Gasteiger partial charge in [0.2, 0.25) is 0 Å². The Morgan fingerprint density at radius 2 is 1.77 bits per heavy atom. The number of rotatable bonds is 9. The SMILES string of the molecule is COc1ccc(CCN(C)C(=O)c2cccc(/C=C3\SC(=O)N(Cc4ccc(F)cc4F)C3=O)c2)cc1OC. The van der Waals surface area contributed by atoms with Crippen LogP contribution >= 0.6 is 11.8 Å². The van der Waals surface area contributed by atoms with Crippen molar-refractivity contribution in [2.24, 2.45) is 0 Å². The fraction of sp³-hybridized carbons (Fsp3) is 0.207. The van der Waals surface area contributed by atoms with Gasteiger partial charge in [0.15, 0.2) is 11.5 Å². The topological polar surface area (TPSA) is 76.2 Å². The maximum absolute atomic E-state index is 14.0. The minimum Gasteiger partial charge on any atom is -0.493 e. The van der Waals surface area contributed by atoms with Crippen molar-refractivity contribution < 1.29 is 32.6 Å². The number of amides is 3. The molecule has 0 N–H and O–H groups in total. The van der Waals surface area contributed by atoms with Crippen LogP contribution in [0.4, 0.5) is 13.6 Å². The maximum Gasteiger partial charge on any atom is 0.293 e. The van der Waals surface area contributed by atoms with Crippen molar-refractivity contribution in [1.82, 2.24) is 9.80 Å². The van der Waals surface area contributed by atoms with Gasteiger partial charge in [-0.15, -0.1) is 0 Å². The Hall–Kier alpha value is -4.18. The van der Waals surface area contributed by atoms with Crippen molar-refractivity contribution in [2.75, 3.05) is 27.8 Å². The predicted octanol–water partition coefficient (Wildman–Crippen LogP) is 5.53. The molecule has 3 aromatic carbocycles. The first-order valence-electron chi connectivity index (χ1n) is 12.0. The number of carbonyl (C=O) groups is 3. The number of halogens is 2. The summed E-state index contributed by atoms with van der Waals surface area (Å²) in [7, 11) is 4.84. The van der Waals surface area contributed by atoms with Crippen molar-refractivity contribution in [3.05, 3.63) is 99.5 Å². The molecule has 10 heteroatoms. The quantitative estimate of drug-likeness (QED) is 0.325. The van der Waals surface area contributed by atoms with Crippen LogP contribution in [0, 0.1) is 11.6 Å². The first-order chi connectivity index (χ1) is 18.7. The standard InChI is InChI=1S/C29H26F2N2O5S/c1-32(12-11-18-7-10-24(37-2)25(14-18)38-3)27(34)20-6-4-5-19(13-20)15-26-28(35)33(29(36)39-26)17-21-8-9-22(30)16-23(21)31/h4-10,13-16H,11-12,17H2,1-3H3/b26-15-. The number of nitrogens with zero attached hydrogens (tertiary/aromatic N) is 2. The molecule has 1 aliphatic rings. The molecule has 0 radical (unpaired) electrons. The average molecular weight is 553 g/mol. The van der Waals surface area contributed by atoms with E-state index in [-0.39, 0.29) is 22.9 Å². The number of hydrogen-bond acceptors (Lipinski definition) is 6. The van der Waals surface area contributed by atoms with Gasteiger partial charge in [-0.25, -0.2) is 8.78 Å². The lowest BCUT2D eigenvalue weighted by Gasteiger charge is -2.18. The summed E-state index contributed by atoms with van der Waals surface area (Å²) >= 11 is 0.724. The summed E-state index contributed by atoms with van der Waals surface area (Å²) in [4.78, 5) is 41.0. The van der Waals surface area contributed by atoms with Crippen LogP contribution in [0.1, 0.15) is 27.0 Å². The molecule has 1 aliphatic heterocycles. The average Bonchev–Trinajstić information content (AvgIpc) is 3.19. The van der Waals surface area contributed by atoms with Crippen LogP contribution < -0.4 is 9.47 Å². The van der Waals surface area contributed by atoms with Gasteiger partial charge in [-0.05, 0) is 65.7 Å². The molecule has 0 atom stereocenters. The number of carbonyl (C=O) groups excluding carboxylic acids is 3. The van der Waals surface area contributed by atoms with E-state index in [1.807, 2.05) is 18.2 Å². The number of imide groups is 1. The highest BCUT2D eigenvalue weighted by Gasteiger charge is 2.35. The lowest BCUT2D eigenvalue weighted by atomic mass is 10.1. The van der Waals surface area contributed by atoms with E-state index >= 15 is 0 Å². The van der Waals surface area contributed by atoms with Crippen LogP contribution in [0.3, 0.4) is 0 Å². The van der Waals surface area contributed by atoms with Crippen molar-refractivity contribution in [1.29, 1.82) is 0 Å². The first kappa shape index (κ1) is 27.8.